The summed E-state index contributed by atoms with van der Waals surface area (Å²) >= 11 is 7.60. The highest BCUT2D eigenvalue weighted by Crippen LogP contribution is 2.19. The molecule has 1 aromatic rings. The minimum atomic E-state index is 0. The summed E-state index contributed by atoms with van der Waals surface area (Å²) in [6, 6.07) is 7.79. The SMILES string of the molecule is CN=C(NCCSc1ccc(Cl)cc1)NCCC(=O)N(C)C.I. The van der Waals surface area contributed by atoms with Crippen molar-refractivity contribution >= 4 is 59.2 Å². The zero-order chi connectivity index (χ0) is 16.4. The monoisotopic (exact) mass is 470 g/mol. The molecule has 0 heterocycles. The number of amides is 1. The van der Waals surface area contributed by atoms with Gasteiger partial charge in [-0.2, -0.15) is 0 Å². The first-order valence-electron chi connectivity index (χ1n) is 7.06. The molecule has 0 radical (unpaired) electrons. The van der Waals surface area contributed by atoms with Crippen LogP contribution >= 0.6 is 47.3 Å². The fourth-order valence-corrected chi connectivity index (χ4v) is 2.50. The van der Waals surface area contributed by atoms with Crippen LogP contribution in [-0.2, 0) is 4.79 Å². The van der Waals surface area contributed by atoms with Gasteiger partial charge in [0.2, 0.25) is 5.91 Å². The molecule has 0 aliphatic rings. The summed E-state index contributed by atoms with van der Waals surface area (Å²) in [7, 11) is 5.22. The van der Waals surface area contributed by atoms with Crippen LogP contribution < -0.4 is 10.6 Å². The van der Waals surface area contributed by atoms with E-state index in [0.29, 0.717) is 18.9 Å². The summed E-state index contributed by atoms with van der Waals surface area (Å²) in [5.41, 5.74) is 0. The quantitative estimate of drug-likeness (QED) is 0.212. The number of hydrogen-bond donors (Lipinski definition) is 2. The molecule has 130 valence electrons. The molecule has 1 aromatic carbocycles. The fourth-order valence-electron chi connectivity index (χ4n) is 1.60. The molecule has 2 N–H and O–H groups in total. The second-order valence-electron chi connectivity index (χ2n) is 4.77. The fraction of sp³-hybridized carbons (Fsp3) is 0.467. The van der Waals surface area contributed by atoms with Gasteiger partial charge in [-0.15, -0.1) is 35.7 Å². The third-order valence-corrected chi connectivity index (χ3v) is 4.10. The first-order valence-corrected chi connectivity index (χ1v) is 8.42. The topological polar surface area (TPSA) is 56.7 Å². The normalized spacial score (nSPS) is 10.7. The van der Waals surface area contributed by atoms with Crippen LogP contribution in [-0.4, -0.2) is 56.8 Å². The summed E-state index contributed by atoms with van der Waals surface area (Å²) in [5, 5.41) is 7.10. The molecule has 0 aromatic heterocycles. The molecule has 0 saturated carbocycles. The number of guanidine groups is 1. The highest BCUT2D eigenvalue weighted by molar-refractivity contribution is 14.0. The average Bonchev–Trinajstić information content (AvgIpc) is 2.51. The molecule has 0 saturated heterocycles. The predicted molar refractivity (Wildman–Crippen MR) is 110 cm³/mol. The molecule has 0 aliphatic heterocycles. The Kier molecular flexibility index (Phi) is 12.3. The van der Waals surface area contributed by atoms with E-state index in [9.17, 15) is 4.79 Å². The van der Waals surface area contributed by atoms with Crippen LogP contribution in [0, 0.1) is 0 Å². The molecule has 0 fully saturated rings. The summed E-state index contributed by atoms with van der Waals surface area (Å²) < 4.78 is 0. The highest BCUT2D eigenvalue weighted by atomic mass is 127. The number of aliphatic imine (C=N–C) groups is 1. The molecule has 1 amide bonds. The van der Waals surface area contributed by atoms with E-state index in [2.05, 4.69) is 15.6 Å². The number of halogens is 2. The number of carbonyl (C=O) groups is 1. The first kappa shape index (κ1) is 22.3. The summed E-state index contributed by atoms with van der Waals surface area (Å²) in [6.07, 6.45) is 0.452. The van der Waals surface area contributed by atoms with Crippen LogP contribution in [0.25, 0.3) is 0 Å². The number of thioether (sulfide) groups is 1. The van der Waals surface area contributed by atoms with Crippen LogP contribution in [0.15, 0.2) is 34.2 Å². The highest BCUT2D eigenvalue weighted by Gasteiger charge is 2.04. The van der Waals surface area contributed by atoms with Gasteiger partial charge in [0.1, 0.15) is 0 Å². The molecule has 0 atom stereocenters. The largest absolute Gasteiger partial charge is 0.356 e. The van der Waals surface area contributed by atoms with Gasteiger partial charge >= 0.3 is 0 Å². The molecule has 0 unspecified atom stereocenters. The third kappa shape index (κ3) is 9.93. The van der Waals surface area contributed by atoms with Gasteiger partial charge in [-0.25, -0.2) is 0 Å². The van der Waals surface area contributed by atoms with Gasteiger partial charge in [-0.3, -0.25) is 9.79 Å². The standard InChI is InChI=1S/C15H23ClN4OS.HI/c1-17-15(18-9-8-14(21)20(2)3)19-10-11-22-13-6-4-12(16)5-7-13;/h4-7H,8-11H2,1-3H3,(H2,17,18,19);1H. The van der Waals surface area contributed by atoms with Crippen molar-refractivity contribution in [3.63, 3.8) is 0 Å². The molecule has 0 spiro atoms. The molecule has 23 heavy (non-hydrogen) atoms. The lowest BCUT2D eigenvalue weighted by molar-refractivity contribution is -0.128. The predicted octanol–water partition coefficient (Wildman–Crippen LogP) is 2.69. The van der Waals surface area contributed by atoms with Crippen LogP contribution in [0.1, 0.15) is 6.42 Å². The van der Waals surface area contributed by atoms with Gasteiger partial charge in [-0.1, -0.05) is 11.6 Å². The van der Waals surface area contributed by atoms with Gasteiger partial charge < -0.3 is 15.5 Å². The van der Waals surface area contributed by atoms with E-state index in [0.717, 1.165) is 17.3 Å². The van der Waals surface area contributed by atoms with E-state index in [1.165, 1.54) is 4.90 Å². The first-order chi connectivity index (χ1) is 10.5. The Morgan fingerprint density at radius 2 is 1.83 bits per heavy atom. The lowest BCUT2D eigenvalue weighted by Crippen LogP contribution is -2.40. The van der Waals surface area contributed by atoms with E-state index >= 15 is 0 Å². The van der Waals surface area contributed by atoms with Crippen LogP contribution in [0.5, 0.6) is 0 Å². The van der Waals surface area contributed by atoms with Crippen LogP contribution in [0.4, 0.5) is 0 Å². The molecule has 5 nitrogen and oxygen atoms in total. The summed E-state index contributed by atoms with van der Waals surface area (Å²) in [5.74, 6) is 1.73. The number of carbonyl (C=O) groups excluding carboxylic acids is 1. The summed E-state index contributed by atoms with van der Waals surface area (Å²) in [4.78, 5) is 18.4. The molecular weight excluding hydrogens is 447 g/mol. The van der Waals surface area contributed by atoms with E-state index in [1.807, 2.05) is 24.3 Å². The van der Waals surface area contributed by atoms with E-state index in [-0.39, 0.29) is 29.9 Å². The van der Waals surface area contributed by atoms with Crippen molar-refractivity contribution in [3.8, 4) is 0 Å². The Bertz CT molecular complexity index is 497. The number of rotatable bonds is 7. The molecule has 1 rings (SSSR count). The van der Waals surface area contributed by atoms with Crippen molar-refractivity contribution in [2.75, 3.05) is 40.0 Å². The van der Waals surface area contributed by atoms with E-state index in [4.69, 9.17) is 11.6 Å². The zero-order valence-corrected chi connectivity index (χ0v) is 17.5. The number of hydrogen-bond acceptors (Lipinski definition) is 3. The maximum absolute atomic E-state index is 11.5. The van der Waals surface area contributed by atoms with Crippen LogP contribution in [0.2, 0.25) is 5.02 Å². The smallest absolute Gasteiger partial charge is 0.223 e. The summed E-state index contributed by atoms with van der Waals surface area (Å²) in [6.45, 7) is 1.36. The molecule has 0 aliphatic carbocycles. The number of nitrogens with one attached hydrogen (secondary N) is 2. The third-order valence-electron chi connectivity index (χ3n) is 2.83. The lowest BCUT2D eigenvalue weighted by atomic mass is 10.4. The van der Waals surface area contributed by atoms with Crippen molar-refractivity contribution < 1.29 is 4.79 Å². The van der Waals surface area contributed by atoms with Crippen molar-refractivity contribution in [1.82, 2.24) is 15.5 Å². The van der Waals surface area contributed by atoms with E-state index < -0.39 is 0 Å². The number of nitrogens with zero attached hydrogens (tertiary/aromatic N) is 2. The van der Waals surface area contributed by atoms with Gasteiger partial charge in [-0.05, 0) is 24.3 Å². The van der Waals surface area contributed by atoms with E-state index in [1.54, 1.807) is 37.8 Å². The average molecular weight is 471 g/mol. The van der Waals surface area contributed by atoms with Crippen molar-refractivity contribution in [2.45, 2.75) is 11.3 Å². The van der Waals surface area contributed by atoms with Crippen molar-refractivity contribution in [2.24, 2.45) is 4.99 Å². The zero-order valence-electron chi connectivity index (χ0n) is 13.6. The maximum Gasteiger partial charge on any atom is 0.223 e. The Labute approximate surface area is 164 Å². The molecular formula is C15H24ClIN4OS. The van der Waals surface area contributed by atoms with Gasteiger partial charge in [0.25, 0.3) is 0 Å². The van der Waals surface area contributed by atoms with Gasteiger partial charge in [0.05, 0.1) is 0 Å². The van der Waals surface area contributed by atoms with Gasteiger partial charge in [0, 0.05) is 56.3 Å². The van der Waals surface area contributed by atoms with Crippen molar-refractivity contribution in [1.29, 1.82) is 0 Å². The molecule has 8 heteroatoms. The number of benzene rings is 1. The minimum Gasteiger partial charge on any atom is -0.356 e. The Balaban J connectivity index is 0.00000484. The van der Waals surface area contributed by atoms with Gasteiger partial charge in [0.15, 0.2) is 5.96 Å². The second kappa shape index (κ2) is 12.7. The van der Waals surface area contributed by atoms with Crippen LogP contribution in [0.3, 0.4) is 0 Å². The second-order valence-corrected chi connectivity index (χ2v) is 6.37. The minimum absolute atomic E-state index is 0. The Hall–Kier alpha value is -0.670. The maximum atomic E-state index is 11.5. The lowest BCUT2D eigenvalue weighted by Gasteiger charge is -2.13. The molecule has 0 bridgehead atoms. The Morgan fingerprint density at radius 1 is 1.22 bits per heavy atom. The van der Waals surface area contributed by atoms with Crippen molar-refractivity contribution in [3.05, 3.63) is 29.3 Å². The Morgan fingerprint density at radius 3 is 2.39 bits per heavy atom.